The van der Waals surface area contributed by atoms with Gasteiger partial charge in [-0.25, -0.2) is 0 Å². The van der Waals surface area contributed by atoms with Crippen LogP contribution in [0.1, 0.15) is 34.1 Å². The molecule has 2 N–H and O–H groups in total. The molecule has 1 aliphatic carbocycles. The third kappa shape index (κ3) is 3.08. The largest absolute Gasteiger partial charge is 0.326 e. The molecule has 8 nitrogen and oxygen atoms in total. The number of aromatic nitrogens is 4. The van der Waals surface area contributed by atoms with Crippen LogP contribution in [-0.2, 0) is 17.6 Å². The Hall–Kier alpha value is -3.07. The summed E-state index contributed by atoms with van der Waals surface area (Å²) in [5, 5.41) is 17.6. The summed E-state index contributed by atoms with van der Waals surface area (Å²) >= 11 is 1.57. The van der Waals surface area contributed by atoms with E-state index >= 15 is 0 Å². The summed E-state index contributed by atoms with van der Waals surface area (Å²) in [5.74, 6) is -0.316. The summed E-state index contributed by atoms with van der Waals surface area (Å²) in [6, 6.07) is 7.01. The fraction of sp³-hybridized carbons (Fsp3) is 0.235. The number of nitrogens with one attached hydrogen (secondary N) is 2. The van der Waals surface area contributed by atoms with Crippen LogP contribution in [0, 0.1) is 0 Å². The van der Waals surface area contributed by atoms with Gasteiger partial charge >= 0.3 is 0 Å². The molecule has 0 fully saturated rings. The highest BCUT2D eigenvalue weighted by molar-refractivity contribution is 7.15. The minimum atomic E-state index is -0.179. The lowest BCUT2D eigenvalue weighted by Gasteiger charge is -2.09. The molecule has 3 aromatic rings. The summed E-state index contributed by atoms with van der Waals surface area (Å²) in [6.45, 7) is 1.45. The quantitative estimate of drug-likeness (QED) is 0.736. The van der Waals surface area contributed by atoms with Crippen molar-refractivity contribution < 1.29 is 9.59 Å². The van der Waals surface area contributed by atoms with Crippen LogP contribution in [0.15, 0.2) is 30.6 Å². The van der Waals surface area contributed by atoms with E-state index < -0.39 is 0 Å². The fourth-order valence-corrected chi connectivity index (χ4v) is 4.38. The van der Waals surface area contributed by atoms with Crippen LogP contribution >= 0.6 is 11.3 Å². The molecule has 2 aromatic heterocycles. The molecule has 0 aliphatic heterocycles. The Morgan fingerprint density at radius 3 is 2.50 bits per heavy atom. The maximum Gasteiger partial charge on any atom is 0.259 e. The van der Waals surface area contributed by atoms with Crippen molar-refractivity contribution in [3.8, 4) is 5.00 Å². The molecule has 0 unspecified atom stereocenters. The standard InChI is InChI=1S/C17H16N6O2S/c1-10(24)19-11-5-7-12(8-6-11)20-16(25)15-13-3-2-4-14(13)26-17(15)23-9-18-21-22-23/h5-9H,2-4H2,1H3,(H,19,24)(H,20,25). The first-order valence-electron chi connectivity index (χ1n) is 8.18. The molecular weight excluding hydrogens is 352 g/mol. The van der Waals surface area contributed by atoms with Crippen molar-refractivity contribution in [3.05, 3.63) is 46.6 Å². The topological polar surface area (TPSA) is 102 Å². The molecule has 0 radical (unpaired) electrons. The monoisotopic (exact) mass is 368 g/mol. The highest BCUT2D eigenvalue weighted by atomic mass is 32.1. The molecule has 4 rings (SSSR count). The zero-order valence-electron chi connectivity index (χ0n) is 14.0. The number of anilines is 2. The van der Waals surface area contributed by atoms with Gasteiger partial charge in [0, 0.05) is 23.2 Å². The van der Waals surface area contributed by atoms with E-state index in [1.165, 1.54) is 22.8 Å². The van der Waals surface area contributed by atoms with Gasteiger partial charge in [-0.3, -0.25) is 9.59 Å². The summed E-state index contributed by atoms with van der Waals surface area (Å²) in [7, 11) is 0. The van der Waals surface area contributed by atoms with Crippen molar-refractivity contribution in [1.29, 1.82) is 0 Å². The molecule has 9 heteroatoms. The Kier molecular flexibility index (Phi) is 4.21. The summed E-state index contributed by atoms with van der Waals surface area (Å²) in [4.78, 5) is 25.3. The second-order valence-corrected chi connectivity index (χ2v) is 7.09. The minimum absolute atomic E-state index is 0.137. The molecular formula is C17H16N6O2S. The van der Waals surface area contributed by atoms with E-state index in [1.807, 2.05) is 0 Å². The number of tetrazole rings is 1. The summed E-state index contributed by atoms with van der Waals surface area (Å²) in [6.07, 6.45) is 4.43. The van der Waals surface area contributed by atoms with E-state index in [1.54, 1.807) is 35.6 Å². The molecule has 132 valence electrons. The second kappa shape index (κ2) is 6.68. The number of rotatable bonds is 4. The number of aryl methyl sites for hydroxylation is 1. The average molecular weight is 368 g/mol. The summed E-state index contributed by atoms with van der Waals surface area (Å²) in [5.41, 5.74) is 3.07. The first-order valence-corrected chi connectivity index (χ1v) is 9.00. The van der Waals surface area contributed by atoms with Crippen LogP contribution in [0.4, 0.5) is 11.4 Å². The molecule has 2 amide bonds. The number of carbonyl (C=O) groups excluding carboxylic acids is 2. The van der Waals surface area contributed by atoms with Gasteiger partial charge in [-0.15, -0.1) is 16.4 Å². The lowest BCUT2D eigenvalue weighted by atomic mass is 10.1. The highest BCUT2D eigenvalue weighted by Gasteiger charge is 2.28. The number of nitrogens with zero attached hydrogens (tertiary/aromatic N) is 4. The van der Waals surface area contributed by atoms with Crippen LogP contribution in [-0.4, -0.2) is 32.0 Å². The van der Waals surface area contributed by atoms with E-state index in [4.69, 9.17) is 0 Å². The molecule has 0 spiro atoms. The number of carbonyl (C=O) groups is 2. The van der Waals surface area contributed by atoms with Gasteiger partial charge < -0.3 is 10.6 Å². The van der Waals surface area contributed by atoms with E-state index in [-0.39, 0.29) is 11.8 Å². The van der Waals surface area contributed by atoms with E-state index in [0.717, 1.165) is 29.8 Å². The van der Waals surface area contributed by atoms with Crippen LogP contribution in [0.2, 0.25) is 0 Å². The van der Waals surface area contributed by atoms with E-state index in [9.17, 15) is 9.59 Å². The van der Waals surface area contributed by atoms with Gasteiger partial charge in [0.15, 0.2) is 0 Å². The van der Waals surface area contributed by atoms with Gasteiger partial charge in [0.1, 0.15) is 11.3 Å². The Morgan fingerprint density at radius 2 is 1.85 bits per heavy atom. The van der Waals surface area contributed by atoms with Crippen molar-refractivity contribution in [1.82, 2.24) is 20.2 Å². The summed E-state index contributed by atoms with van der Waals surface area (Å²) < 4.78 is 1.54. The lowest BCUT2D eigenvalue weighted by Crippen LogP contribution is -2.15. The Morgan fingerprint density at radius 1 is 1.12 bits per heavy atom. The molecule has 26 heavy (non-hydrogen) atoms. The Labute approximate surface area is 153 Å². The van der Waals surface area contributed by atoms with Crippen LogP contribution in [0.3, 0.4) is 0 Å². The number of hydrogen-bond acceptors (Lipinski definition) is 6. The minimum Gasteiger partial charge on any atom is -0.326 e. The van der Waals surface area contributed by atoms with Gasteiger partial charge in [-0.2, -0.15) is 4.68 Å². The number of fused-ring (bicyclic) bond motifs is 1. The molecule has 0 bridgehead atoms. The van der Waals surface area contributed by atoms with Crippen molar-refractivity contribution in [2.45, 2.75) is 26.2 Å². The molecule has 0 saturated heterocycles. The average Bonchev–Trinajstić information content (AvgIpc) is 3.32. The molecule has 1 aromatic carbocycles. The number of benzene rings is 1. The van der Waals surface area contributed by atoms with Gasteiger partial charge in [0.2, 0.25) is 5.91 Å². The van der Waals surface area contributed by atoms with Crippen LogP contribution < -0.4 is 10.6 Å². The number of hydrogen-bond donors (Lipinski definition) is 2. The highest BCUT2D eigenvalue weighted by Crippen LogP contribution is 2.37. The van der Waals surface area contributed by atoms with Crippen LogP contribution in [0.25, 0.3) is 5.00 Å². The number of thiophene rings is 1. The maximum absolute atomic E-state index is 13.0. The molecule has 1 aliphatic rings. The molecule has 0 saturated carbocycles. The molecule has 2 heterocycles. The predicted molar refractivity (Wildman–Crippen MR) is 97.8 cm³/mol. The predicted octanol–water partition coefficient (Wildman–Crippen LogP) is 2.42. The van der Waals surface area contributed by atoms with Gasteiger partial charge in [-0.05, 0) is 59.5 Å². The van der Waals surface area contributed by atoms with Crippen LogP contribution in [0.5, 0.6) is 0 Å². The third-order valence-electron chi connectivity index (χ3n) is 4.15. The van der Waals surface area contributed by atoms with Crippen molar-refractivity contribution in [3.63, 3.8) is 0 Å². The smallest absolute Gasteiger partial charge is 0.259 e. The SMILES string of the molecule is CC(=O)Nc1ccc(NC(=O)c2c(-n3cnnn3)sc3c2CCC3)cc1. The first kappa shape index (κ1) is 16.4. The lowest BCUT2D eigenvalue weighted by molar-refractivity contribution is -0.114. The fourth-order valence-electron chi connectivity index (χ4n) is 3.07. The zero-order chi connectivity index (χ0) is 18.1. The van der Waals surface area contributed by atoms with E-state index in [0.29, 0.717) is 16.9 Å². The molecule has 0 atom stereocenters. The number of amides is 2. The first-order chi connectivity index (χ1) is 12.6. The second-order valence-electron chi connectivity index (χ2n) is 6.00. The van der Waals surface area contributed by atoms with Gasteiger partial charge in [0.25, 0.3) is 5.91 Å². The maximum atomic E-state index is 13.0. The Balaban J connectivity index is 1.61. The van der Waals surface area contributed by atoms with E-state index in [2.05, 4.69) is 26.2 Å². The van der Waals surface area contributed by atoms with Crippen molar-refractivity contribution >= 4 is 34.5 Å². The normalized spacial score (nSPS) is 12.7. The third-order valence-corrected chi connectivity index (χ3v) is 5.43. The zero-order valence-corrected chi connectivity index (χ0v) is 14.8. The van der Waals surface area contributed by atoms with Gasteiger partial charge in [0.05, 0.1) is 5.56 Å². The van der Waals surface area contributed by atoms with Crippen molar-refractivity contribution in [2.24, 2.45) is 0 Å². The Bertz CT molecular complexity index is 962. The van der Waals surface area contributed by atoms with Crippen molar-refractivity contribution in [2.75, 3.05) is 10.6 Å². The van der Waals surface area contributed by atoms with Gasteiger partial charge in [-0.1, -0.05) is 0 Å².